The maximum Gasteiger partial charge on any atom is 0.266 e. The van der Waals surface area contributed by atoms with Crippen molar-refractivity contribution in [1.29, 1.82) is 0 Å². The Hall–Kier alpha value is -3.98. The summed E-state index contributed by atoms with van der Waals surface area (Å²) < 4.78 is 13.3. The minimum absolute atomic E-state index is 0.0753. The summed E-state index contributed by atoms with van der Waals surface area (Å²) in [6.07, 6.45) is 0.208. The van der Waals surface area contributed by atoms with Gasteiger partial charge in [-0.25, -0.2) is 10.0 Å². The number of benzene rings is 4. The Kier molecular flexibility index (Phi) is 9.37. The molecule has 4 aromatic carbocycles. The van der Waals surface area contributed by atoms with E-state index >= 15 is 0 Å². The number of halogens is 1. The molecule has 0 unspecified atom stereocenters. The van der Waals surface area contributed by atoms with Crippen molar-refractivity contribution in [1.82, 2.24) is 10.4 Å². The molecule has 42 heavy (non-hydrogen) atoms. The van der Waals surface area contributed by atoms with Gasteiger partial charge in [0, 0.05) is 43.6 Å². The van der Waals surface area contributed by atoms with Gasteiger partial charge in [-0.2, -0.15) is 0 Å². The van der Waals surface area contributed by atoms with Gasteiger partial charge in [0.05, 0.1) is 6.61 Å². The smallest absolute Gasteiger partial charge is 0.266 e. The molecule has 1 aliphatic rings. The van der Waals surface area contributed by atoms with E-state index in [1.165, 1.54) is 0 Å². The summed E-state index contributed by atoms with van der Waals surface area (Å²) in [6.45, 7) is 0.501. The molecule has 0 fully saturated rings. The first kappa shape index (κ1) is 29.5. The number of hydrazine groups is 1. The molecule has 216 valence electrons. The van der Waals surface area contributed by atoms with Crippen LogP contribution in [0.3, 0.4) is 0 Å². The van der Waals surface area contributed by atoms with E-state index in [9.17, 15) is 4.79 Å². The lowest BCUT2D eigenvalue weighted by atomic mass is 9.82. The van der Waals surface area contributed by atoms with Crippen LogP contribution in [0.1, 0.15) is 29.2 Å². The maximum absolute atomic E-state index is 14.1. The third-order valence-corrected chi connectivity index (χ3v) is 7.59. The number of aliphatic imine (C=N–C) groups is 1. The van der Waals surface area contributed by atoms with Crippen LogP contribution in [0.15, 0.2) is 113 Å². The van der Waals surface area contributed by atoms with Crippen molar-refractivity contribution < 1.29 is 19.4 Å². The van der Waals surface area contributed by atoms with Gasteiger partial charge in [-0.05, 0) is 58.7 Å². The lowest BCUT2D eigenvalue weighted by Gasteiger charge is -2.32. The molecule has 0 aliphatic carbocycles. The Bertz CT molecular complexity index is 1510. The summed E-state index contributed by atoms with van der Waals surface area (Å²) in [5.74, 6) is 0.817. The zero-order valence-electron chi connectivity index (χ0n) is 23.7. The van der Waals surface area contributed by atoms with Gasteiger partial charge < -0.3 is 14.6 Å². The predicted molar refractivity (Wildman–Crippen MR) is 168 cm³/mol. The molecule has 4 aromatic rings. The van der Waals surface area contributed by atoms with E-state index in [0.29, 0.717) is 31.1 Å². The van der Waals surface area contributed by atoms with Gasteiger partial charge in [0.2, 0.25) is 5.90 Å². The minimum atomic E-state index is -1.28. The quantitative estimate of drug-likeness (QED) is 0.158. The van der Waals surface area contributed by atoms with E-state index in [-0.39, 0.29) is 12.5 Å². The van der Waals surface area contributed by atoms with Gasteiger partial charge in [-0.15, -0.1) is 0 Å². The largest absolute Gasteiger partial charge is 0.494 e. The van der Waals surface area contributed by atoms with Gasteiger partial charge >= 0.3 is 0 Å². The maximum atomic E-state index is 14.1. The molecule has 2 N–H and O–H groups in total. The standard InChI is InChI=1S/C34H34BrN3O4/c1-38(2)37-33(40)34(23-24-9-17-29(35)18-10-24)31(27-13-11-26(12-14-27)25-7-4-3-5-8-25)42-32(36-34)28-15-19-30(20-16-28)41-22-6-21-39/h3-5,7-20,31,39H,6,21-23H2,1-2H3,(H,37,40)/t31-,34-/m0/s1. The molecule has 0 aromatic heterocycles. The summed E-state index contributed by atoms with van der Waals surface area (Å²) in [7, 11) is 3.57. The van der Waals surface area contributed by atoms with Crippen molar-refractivity contribution in [3.8, 4) is 16.9 Å². The number of hydrogen-bond donors (Lipinski definition) is 2. The molecule has 0 spiro atoms. The molecule has 0 radical (unpaired) electrons. The van der Waals surface area contributed by atoms with Crippen molar-refractivity contribution in [2.45, 2.75) is 24.5 Å². The molecular weight excluding hydrogens is 594 g/mol. The Labute approximate surface area is 254 Å². The lowest BCUT2D eigenvalue weighted by molar-refractivity contribution is -0.132. The van der Waals surface area contributed by atoms with Crippen LogP contribution in [0, 0.1) is 0 Å². The number of hydrogen-bond acceptors (Lipinski definition) is 6. The molecule has 1 heterocycles. The van der Waals surface area contributed by atoms with Crippen molar-refractivity contribution in [2.24, 2.45) is 4.99 Å². The lowest BCUT2D eigenvalue weighted by Crippen LogP contribution is -2.53. The highest BCUT2D eigenvalue weighted by Gasteiger charge is 2.53. The number of carbonyl (C=O) groups excluding carboxylic acids is 1. The predicted octanol–water partition coefficient (Wildman–Crippen LogP) is 5.97. The number of carbonyl (C=O) groups is 1. The number of ether oxygens (including phenoxy) is 2. The molecule has 5 rings (SSSR count). The molecule has 0 saturated heterocycles. The molecule has 8 heteroatoms. The van der Waals surface area contributed by atoms with E-state index in [1.54, 1.807) is 19.1 Å². The Balaban J connectivity index is 1.56. The monoisotopic (exact) mass is 627 g/mol. The third-order valence-electron chi connectivity index (χ3n) is 7.06. The Morgan fingerprint density at radius 1 is 0.929 bits per heavy atom. The number of aliphatic hydroxyl groups is 1. The molecule has 2 atom stereocenters. The highest BCUT2D eigenvalue weighted by molar-refractivity contribution is 9.10. The summed E-state index contributed by atoms with van der Waals surface area (Å²) in [5, 5.41) is 10.7. The highest BCUT2D eigenvalue weighted by atomic mass is 79.9. The van der Waals surface area contributed by atoms with Crippen molar-refractivity contribution in [3.63, 3.8) is 0 Å². The minimum Gasteiger partial charge on any atom is -0.494 e. The van der Waals surface area contributed by atoms with Crippen molar-refractivity contribution >= 4 is 27.7 Å². The van der Waals surface area contributed by atoms with Crippen LogP contribution in [-0.2, 0) is 16.0 Å². The number of nitrogens with zero attached hydrogens (tertiary/aromatic N) is 2. The average molecular weight is 629 g/mol. The molecule has 1 amide bonds. The summed E-state index contributed by atoms with van der Waals surface area (Å²) >= 11 is 3.51. The summed E-state index contributed by atoms with van der Waals surface area (Å²) in [6, 6.07) is 33.7. The van der Waals surface area contributed by atoms with Gasteiger partial charge in [-0.3, -0.25) is 10.2 Å². The fourth-order valence-electron chi connectivity index (χ4n) is 4.98. The first-order valence-electron chi connectivity index (χ1n) is 13.9. The second-order valence-corrected chi connectivity index (χ2v) is 11.3. The summed E-state index contributed by atoms with van der Waals surface area (Å²) in [4.78, 5) is 19.2. The van der Waals surface area contributed by atoms with Crippen molar-refractivity contribution in [3.05, 3.63) is 124 Å². The highest BCUT2D eigenvalue weighted by Crippen LogP contribution is 2.43. The fraction of sp³-hybridized carbons (Fsp3) is 0.235. The van der Waals surface area contributed by atoms with Crippen LogP contribution in [0.25, 0.3) is 11.1 Å². The van der Waals surface area contributed by atoms with Gasteiger partial charge in [0.25, 0.3) is 5.91 Å². The fourth-order valence-corrected chi connectivity index (χ4v) is 5.24. The topological polar surface area (TPSA) is 83.4 Å². The first-order valence-corrected chi connectivity index (χ1v) is 14.7. The van der Waals surface area contributed by atoms with Gasteiger partial charge in [0.15, 0.2) is 11.6 Å². The second kappa shape index (κ2) is 13.3. The molecule has 0 bridgehead atoms. The van der Waals surface area contributed by atoms with Crippen molar-refractivity contribution in [2.75, 3.05) is 27.3 Å². The van der Waals surface area contributed by atoms with Crippen LogP contribution in [0.5, 0.6) is 5.75 Å². The number of aliphatic hydroxyl groups excluding tert-OH is 1. The van der Waals surface area contributed by atoms with Crippen LogP contribution in [-0.4, -0.2) is 54.8 Å². The van der Waals surface area contributed by atoms with Crippen LogP contribution < -0.4 is 10.2 Å². The Morgan fingerprint density at radius 2 is 1.57 bits per heavy atom. The molecule has 1 aliphatic heterocycles. The molecular formula is C34H34BrN3O4. The Morgan fingerprint density at radius 3 is 2.21 bits per heavy atom. The average Bonchev–Trinajstić information content (AvgIpc) is 3.39. The second-order valence-electron chi connectivity index (χ2n) is 10.4. The van der Waals surface area contributed by atoms with E-state index in [1.807, 2.05) is 78.9 Å². The van der Waals surface area contributed by atoms with Gasteiger partial charge in [0.1, 0.15) is 5.75 Å². The number of nitrogens with one attached hydrogen (secondary N) is 1. The van der Waals surface area contributed by atoms with E-state index in [2.05, 4.69) is 45.6 Å². The number of rotatable bonds is 11. The SMILES string of the molecule is CN(C)NC(=O)[C@@]1(Cc2ccc(Br)cc2)N=C(c2ccc(OCCCO)cc2)O[C@H]1c1ccc(-c2ccccc2)cc1. The van der Waals surface area contributed by atoms with E-state index < -0.39 is 11.6 Å². The van der Waals surface area contributed by atoms with E-state index in [4.69, 9.17) is 19.6 Å². The normalized spacial score (nSPS) is 17.9. The number of amides is 1. The summed E-state index contributed by atoms with van der Waals surface area (Å²) in [5.41, 5.74) is 6.42. The van der Waals surface area contributed by atoms with Gasteiger partial charge in [-0.1, -0.05) is 82.7 Å². The van der Waals surface area contributed by atoms with Crippen LogP contribution in [0.4, 0.5) is 0 Å². The molecule has 7 nitrogen and oxygen atoms in total. The third kappa shape index (κ3) is 6.73. The molecule has 0 saturated carbocycles. The first-order chi connectivity index (χ1) is 20.4. The zero-order valence-corrected chi connectivity index (χ0v) is 25.3. The zero-order chi connectivity index (χ0) is 29.5. The van der Waals surface area contributed by atoms with Crippen LogP contribution >= 0.6 is 15.9 Å². The van der Waals surface area contributed by atoms with E-state index in [0.717, 1.165) is 32.3 Å². The van der Waals surface area contributed by atoms with Crippen LogP contribution in [0.2, 0.25) is 0 Å².